The van der Waals surface area contributed by atoms with Crippen molar-refractivity contribution in [1.82, 2.24) is 16.0 Å². The van der Waals surface area contributed by atoms with Gasteiger partial charge in [-0.2, -0.15) is 48.9 Å². The van der Waals surface area contributed by atoms with E-state index in [0.29, 0.717) is 110 Å². The van der Waals surface area contributed by atoms with Crippen molar-refractivity contribution in [1.29, 1.82) is 0 Å². The second-order valence-electron chi connectivity index (χ2n) is 45.6. The standard InChI is InChI=1S/C22H27NO5.C22H28O3.C21H31NO7.C18H27NO5.C18H28O3/c1-23-20(24)25-19-12-21(11-15-4-2-3-5-18(15)19)26-22(28-27-21)16-7-13-6-14(9-16)10-17(22)8-13;1-2-16-12-21(13-17-5-3-4-6-20(16)17)23-22(25-24-21)18-8-14-7-15(10-18)11-19(22)9-14;1-3-18(23)25-16-9-17(26-19(24)22-2)11-20(10-16)27-21(29-28-20)14-5-12-4-13(7-14)8-15(21)6-12;1-19-16(20)21-15-3-2-4-17(10-15)22-18(24-23-17)13-6-11-5-12(8-13)9-14(18)7-11;1-2-12-4-3-5-17(11-12)19-18(21-20-17)15-7-13-6-14(9-15)10-16(18)8-13/h2-5,13-14,16-17,19H,6-12H2,1H3,(H,23,24);3-6,14-16,18-19H,2,7-13H2,1H3;12-17H,3-11H2,1-2H3,(H,22,24);11-15H,2-10H2,1H3,(H,19,20);12-16H,2-11H2,1H3. The Balaban J connectivity index is 0.0000000914. The molecule has 26 nitrogen and oxygen atoms in total. The molecule has 5 heterocycles. The third-order valence-corrected chi connectivity index (χ3v) is 37.7. The minimum atomic E-state index is -1.05. The van der Waals surface area contributed by atoms with Crippen LogP contribution in [0.15, 0.2) is 48.5 Å². The Morgan fingerprint density at radius 2 is 0.646 bits per heavy atom. The Hall–Kier alpha value is -4.88. The Morgan fingerprint density at radius 3 is 1.05 bits per heavy atom. The number of fused-ring (bicyclic) bond motifs is 2. The van der Waals surface area contributed by atoms with E-state index in [-0.39, 0.29) is 24.0 Å². The number of esters is 1. The lowest BCUT2D eigenvalue weighted by atomic mass is 9.53. The quantitative estimate of drug-likeness (QED) is 0.132. The van der Waals surface area contributed by atoms with E-state index in [1.165, 1.54) is 172 Å². The van der Waals surface area contributed by atoms with Crippen molar-refractivity contribution in [3.8, 4) is 0 Å². The summed E-state index contributed by atoms with van der Waals surface area (Å²) in [7, 11) is 4.67. The SMILES string of the molecule is CCC(=O)OC1CC(OC(=O)NC)CC2(C1)OOC1(O2)C2CC3CC(C2)CC1C3.CCC1CC2(Cc3ccccc31)OOC1(O2)C2CC3CC(C2)CC1C3.CCC1CCCC2(C1)OOC1(O2)C2CC3CC(C2)CC1C3.CNC(=O)OC1CC2(Cc3ccccc31)OOC1(O2)C2CC3CC(C2)CC1C3.CNC(=O)OC1CCCC2(C1)OOC1(O2)C2CC3CC(C2)CC1C3. The molecule has 127 heavy (non-hydrogen) atoms. The topological polar surface area (TPSA) is 280 Å². The maximum absolute atomic E-state index is 11.9. The highest BCUT2D eigenvalue weighted by molar-refractivity contribution is 5.69. The van der Waals surface area contributed by atoms with Crippen LogP contribution in [0.2, 0.25) is 0 Å². The Kier molecular flexibility index (Phi) is 22.4. The van der Waals surface area contributed by atoms with Crippen molar-refractivity contribution in [3.05, 3.63) is 70.8 Å². The van der Waals surface area contributed by atoms with Gasteiger partial charge in [-0.15, -0.1) is 0 Å². The molecule has 5 saturated heterocycles. The molecule has 2 aromatic rings. The minimum Gasteiger partial charge on any atom is -0.462 e. The lowest BCUT2D eigenvalue weighted by Crippen LogP contribution is -2.60. The first kappa shape index (κ1) is 86.3. The molecule has 11 unspecified atom stereocenters. The molecule has 0 radical (unpaired) electrons. The lowest BCUT2D eigenvalue weighted by molar-refractivity contribution is -0.391. The van der Waals surface area contributed by atoms with E-state index < -0.39 is 82.6 Å². The molecule has 32 rings (SSSR count). The fraction of sp³-hybridized carbons (Fsp3) is 0.842. The van der Waals surface area contributed by atoms with Gasteiger partial charge in [-0.25, -0.2) is 14.4 Å². The first-order valence-electron chi connectivity index (χ1n) is 50.9. The van der Waals surface area contributed by atoms with Crippen LogP contribution >= 0.6 is 0 Å². The number of ether oxygens (including phenoxy) is 9. The van der Waals surface area contributed by atoms with E-state index in [0.717, 1.165) is 153 Å². The Morgan fingerprint density at radius 1 is 0.323 bits per heavy atom. The molecule has 3 N–H and O–H groups in total. The molecule has 23 saturated carbocycles. The third-order valence-electron chi connectivity index (χ3n) is 37.7. The van der Waals surface area contributed by atoms with Crippen LogP contribution in [0, 0.1) is 124 Å². The van der Waals surface area contributed by atoms with Gasteiger partial charge in [0.05, 0.1) is 0 Å². The van der Waals surface area contributed by atoms with Gasteiger partial charge in [-0.05, 0) is 279 Å². The van der Waals surface area contributed by atoms with Crippen LogP contribution in [0.25, 0.3) is 0 Å². The Bertz CT molecular complexity index is 4240. The van der Waals surface area contributed by atoms with Gasteiger partial charge in [-0.3, -0.25) is 4.79 Å². The first-order chi connectivity index (χ1) is 61.5. The van der Waals surface area contributed by atoms with Crippen LogP contribution in [0.1, 0.15) is 318 Å². The second-order valence-corrected chi connectivity index (χ2v) is 45.6. The van der Waals surface area contributed by atoms with Gasteiger partial charge < -0.3 is 58.6 Å². The summed E-state index contributed by atoms with van der Waals surface area (Å²) in [5.74, 6) is 7.99. The average Bonchev–Trinajstić information content (AvgIpc) is 1.64. The van der Waals surface area contributed by atoms with Gasteiger partial charge >= 0.3 is 24.2 Å². The monoisotopic (exact) mass is 1760 g/mol. The average molecular weight is 1770 g/mol. The number of benzene rings is 2. The molecule has 26 heteroatoms. The largest absolute Gasteiger partial charge is 0.462 e. The highest BCUT2D eigenvalue weighted by Crippen LogP contribution is 2.71. The molecule has 0 aromatic heterocycles. The number of rotatable bonds is 7. The fourth-order valence-electron chi connectivity index (χ4n) is 33.2. The second kappa shape index (κ2) is 33.0. The van der Waals surface area contributed by atoms with E-state index in [9.17, 15) is 19.2 Å². The van der Waals surface area contributed by atoms with Gasteiger partial charge in [0.15, 0.2) is 0 Å². The third kappa shape index (κ3) is 15.2. The van der Waals surface area contributed by atoms with Crippen LogP contribution in [-0.2, 0) is 109 Å². The first-order valence-corrected chi connectivity index (χ1v) is 50.9. The fourth-order valence-corrected chi connectivity index (χ4v) is 33.2. The van der Waals surface area contributed by atoms with Gasteiger partial charge in [-0.1, -0.05) is 82.1 Å². The van der Waals surface area contributed by atoms with E-state index >= 15 is 0 Å². The number of amides is 3. The summed E-state index contributed by atoms with van der Waals surface area (Å²) >= 11 is 0. The molecule has 3 amide bonds. The lowest BCUT2D eigenvalue weighted by Gasteiger charge is -2.57. The number of alkyl carbamates (subject to hydrolysis) is 3. The molecular weight excluding hydrogens is 1620 g/mol. The zero-order valence-corrected chi connectivity index (χ0v) is 75.9. The predicted molar refractivity (Wildman–Crippen MR) is 453 cm³/mol. The van der Waals surface area contributed by atoms with Crippen molar-refractivity contribution < 1.29 is 111 Å². The van der Waals surface area contributed by atoms with E-state index in [2.05, 4.69) is 60.1 Å². The van der Waals surface area contributed by atoms with Crippen molar-refractivity contribution in [2.24, 2.45) is 124 Å². The normalized spacial score (nSPS) is 50.2. The molecule has 25 aliphatic carbocycles. The summed E-state index contributed by atoms with van der Waals surface area (Å²) in [6.45, 7) is 6.32. The number of hydrogen-bond donors (Lipinski definition) is 3. The maximum Gasteiger partial charge on any atom is 0.407 e. The van der Waals surface area contributed by atoms with Gasteiger partial charge in [0.2, 0.25) is 57.9 Å². The minimum absolute atomic E-state index is 0.172. The van der Waals surface area contributed by atoms with Crippen molar-refractivity contribution in [3.63, 3.8) is 0 Å². The molecule has 2 aromatic carbocycles. The molecule has 20 bridgehead atoms. The van der Waals surface area contributed by atoms with Crippen molar-refractivity contribution in [2.45, 2.75) is 385 Å². The molecule has 5 aliphatic heterocycles. The van der Waals surface area contributed by atoms with Gasteiger partial charge in [0, 0.05) is 157 Å². The zero-order chi connectivity index (χ0) is 86.2. The summed E-state index contributed by atoms with van der Waals surface area (Å²) in [6.07, 6.45) is 43.0. The number of carbonyl (C=O) groups excluding carboxylic acids is 4. The molecule has 10 spiro atoms. The molecule has 698 valence electrons. The molecule has 11 atom stereocenters. The van der Waals surface area contributed by atoms with Crippen LogP contribution < -0.4 is 16.0 Å². The maximum atomic E-state index is 11.9. The zero-order valence-electron chi connectivity index (χ0n) is 75.9. The highest BCUT2D eigenvalue weighted by atomic mass is 17.3. The summed E-state index contributed by atoms with van der Waals surface area (Å²) in [5, 5.41) is 7.54. The van der Waals surface area contributed by atoms with E-state index in [4.69, 9.17) is 91.5 Å². The van der Waals surface area contributed by atoms with E-state index in [1.54, 1.807) is 21.0 Å². The highest BCUT2D eigenvalue weighted by Gasteiger charge is 2.74. The van der Waals surface area contributed by atoms with Gasteiger partial charge in [0.25, 0.3) is 0 Å². The summed E-state index contributed by atoms with van der Waals surface area (Å²) in [4.78, 5) is 108. The molecule has 30 aliphatic rings. The number of nitrogens with one attached hydrogen (secondary N) is 3. The van der Waals surface area contributed by atoms with E-state index in [1.807, 2.05) is 18.2 Å². The predicted octanol–water partition coefficient (Wildman–Crippen LogP) is 19.4. The number of hydrogen-bond acceptors (Lipinski definition) is 23. The van der Waals surface area contributed by atoms with Crippen LogP contribution in [0.5, 0.6) is 0 Å². The van der Waals surface area contributed by atoms with Crippen LogP contribution in [0.3, 0.4) is 0 Å². The molecule has 28 fully saturated rings. The number of carbonyl (C=O) groups is 4. The van der Waals surface area contributed by atoms with Crippen LogP contribution in [-0.4, -0.2) is 122 Å². The van der Waals surface area contributed by atoms with Crippen molar-refractivity contribution >= 4 is 24.2 Å². The summed E-state index contributed by atoms with van der Waals surface area (Å²) in [6, 6.07) is 16.9. The summed E-state index contributed by atoms with van der Waals surface area (Å²) < 4.78 is 56.0. The smallest absolute Gasteiger partial charge is 0.407 e. The Labute approximate surface area is 748 Å². The molecular formula is C101H141N3O23. The van der Waals surface area contributed by atoms with Crippen LogP contribution in [0.4, 0.5) is 14.4 Å². The van der Waals surface area contributed by atoms with Gasteiger partial charge in [0.1, 0.15) is 24.4 Å². The van der Waals surface area contributed by atoms with Crippen molar-refractivity contribution in [2.75, 3.05) is 21.1 Å². The summed E-state index contributed by atoms with van der Waals surface area (Å²) in [5.41, 5.74) is 4.97.